The largest absolute Gasteiger partial charge is 0.381 e. The molecule has 1 heterocycles. The molecule has 1 aliphatic heterocycles. The fraction of sp³-hybridized carbons (Fsp3) is 0.692. The maximum Gasteiger partial charge on any atom is 0.0468 e. The van der Waals surface area contributed by atoms with Gasteiger partial charge in [0, 0.05) is 19.3 Å². The van der Waals surface area contributed by atoms with Crippen LogP contribution in [0.2, 0.25) is 0 Å². The molecule has 1 unspecified atom stereocenters. The Labute approximate surface area is 92.2 Å². The summed E-state index contributed by atoms with van der Waals surface area (Å²) in [4.78, 5) is 0. The summed E-state index contributed by atoms with van der Waals surface area (Å²) in [6.07, 6.45) is 12.6. The summed E-state index contributed by atoms with van der Waals surface area (Å²) in [6, 6.07) is 0.240. The summed E-state index contributed by atoms with van der Waals surface area (Å²) < 4.78 is 5.36. The highest BCUT2D eigenvalue weighted by molar-refractivity contribution is 5.27. The molecule has 1 fully saturated rings. The topological polar surface area (TPSA) is 35.2 Å². The normalized spacial score (nSPS) is 25.0. The molecule has 84 valence electrons. The van der Waals surface area contributed by atoms with E-state index in [1.807, 2.05) is 0 Å². The molecule has 1 atom stereocenters. The molecular formula is C13H21NO. The van der Waals surface area contributed by atoms with Crippen LogP contribution in [-0.4, -0.2) is 19.3 Å². The maximum atomic E-state index is 6.22. The van der Waals surface area contributed by atoms with Crippen molar-refractivity contribution in [2.24, 2.45) is 11.7 Å². The van der Waals surface area contributed by atoms with Crippen LogP contribution in [-0.2, 0) is 4.74 Å². The lowest BCUT2D eigenvalue weighted by Crippen LogP contribution is -2.28. The van der Waals surface area contributed by atoms with Gasteiger partial charge in [-0.25, -0.2) is 0 Å². The van der Waals surface area contributed by atoms with Crippen LogP contribution in [0.1, 0.15) is 32.1 Å². The molecule has 0 aromatic carbocycles. The van der Waals surface area contributed by atoms with Gasteiger partial charge in [-0.1, -0.05) is 18.2 Å². The molecule has 0 spiro atoms. The van der Waals surface area contributed by atoms with Crippen LogP contribution < -0.4 is 5.73 Å². The number of ether oxygens (including phenoxy) is 1. The number of hydrogen-bond donors (Lipinski definition) is 1. The fourth-order valence-electron chi connectivity index (χ4n) is 2.39. The van der Waals surface area contributed by atoms with Crippen molar-refractivity contribution in [1.82, 2.24) is 0 Å². The van der Waals surface area contributed by atoms with E-state index in [2.05, 4.69) is 18.2 Å². The van der Waals surface area contributed by atoms with E-state index in [4.69, 9.17) is 10.5 Å². The second kappa shape index (κ2) is 5.47. The molecule has 2 heteroatoms. The molecule has 2 rings (SSSR count). The van der Waals surface area contributed by atoms with Gasteiger partial charge in [-0.15, -0.1) is 0 Å². The summed E-state index contributed by atoms with van der Waals surface area (Å²) in [5.41, 5.74) is 7.56. The van der Waals surface area contributed by atoms with Crippen LogP contribution in [0, 0.1) is 5.92 Å². The zero-order valence-electron chi connectivity index (χ0n) is 9.32. The average molecular weight is 207 g/mol. The summed E-state index contributed by atoms with van der Waals surface area (Å²) >= 11 is 0. The second-order valence-corrected chi connectivity index (χ2v) is 4.58. The van der Waals surface area contributed by atoms with Gasteiger partial charge in [0.1, 0.15) is 0 Å². The van der Waals surface area contributed by atoms with E-state index < -0.39 is 0 Å². The van der Waals surface area contributed by atoms with Gasteiger partial charge in [-0.2, -0.15) is 0 Å². The third kappa shape index (κ3) is 3.18. The van der Waals surface area contributed by atoms with Crippen LogP contribution in [0.15, 0.2) is 23.8 Å². The lowest BCUT2D eigenvalue weighted by atomic mass is 9.88. The predicted octanol–water partition coefficient (Wildman–Crippen LogP) is 2.41. The Morgan fingerprint density at radius 1 is 1.33 bits per heavy atom. The minimum absolute atomic E-state index is 0.240. The zero-order chi connectivity index (χ0) is 10.5. The van der Waals surface area contributed by atoms with E-state index in [1.165, 1.54) is 24.8 Å². The smallest absolute Gasteiger partial charge is 0.0468 e. The van der Waals surface area contributed by atoms with E-state index in [0.717, 1.165) is 32.0 Å². The number of nitrogens with two attached hydrogens (primary N) is 1. The number of rotatable bonds is 3. The van der Waals surface area contributed by atoms with E-state index >= 15 is 0 Å². The molecule has 15 heavy (non-hydrogen) atoms. The van der Waals surface area contributed by atoms with Crippen molar-refractivity contribution in [3.63, 3.8) is 0 Å². The molecule has 1 aliphatic carbocycles. The SMILES string of the molecule is NC(CC1CCOCC1)C1=CCCC=C1. The fourth-order valence-corrected chi connectivity index (χ4v) is 2.39. The Morgan fingerprint density at radius 3 is 2.80 bits per heavy atom. The third-order valence-corrected chi connectivity index (χ3v) is 3.38. The molecule has 0 aromatic heterocycles. The Kier molecular flexibility index (Phi) is 3.98. The average Bonchev–Trinajstić information content (AvgIpc) is 2.31. The molecule has 2 aliphatic rings. The van der Waals surface area contributed by atoms with E-state index in [1.54, 1.807) is 0 Å². The Balaban J connectivity index is 1.82. The number of hydrogen-bond acceptors (Lipinski definition) is 2. The monoisotopic (exact) mass is 207 g/mol. The minimum atomic E-state index is 0.240. The van der Waals surface area contributed by atoms with E-state index in [0.29, 0.717) is 0 Å². The van der Waals surface area contributed by atoms with Crippen molar-refractivity contribution in [2.75, 3.05) is 13.2 Å². The Hall–Kier alpha value is -0.600. The summed E-state index contributed by atoms with van der Waals surface area (Å²) in [5, 5.41) is 0. The predicted molar refractivity (Wildman–Crippen MR) is 62.6 cm³/mol. The van der Waals surface area contributed by atoms with Gasteiger partial charge in [0.25, 0.3) is 0 Å². The van der Waals surface area contributed by atoms with Gasteiger partial charge in [-0.3, -0.25) is 0 Å². The highest BCUT2D eigenvalue weighted by Crippen LogP contribution is 2.23. The Morgan fingerprint density at radius 2 is 2.13 bits per heavy atom. The van der Waals surface area contributed by atoms with Crippen molar-refractivity contribution >= 4 is 0 Å². The molecule has 1 saturated heterocycles. The highest BCUT2D eigenvalue weighted by atomic mass is 16.5. The first-order valence-corrected chi connectivity index (χ1v) is 6.06. The van der Waals surface area contributed by atoms with Crippen molar-refractivity contribution in [3.8, 4) is 0 Å². The first kappa shape index (κ1) is 10.9. The van der Waals surface area contributed by atoms with E-state index in [-0.39, 0.29) is 6.04 Å². The van der Waals surface area contributed by atoms with Crippen LogP contribution in [0.4, 0.5) is 0 Å². The van der Waals surface area contributed by atoms with Gasteiger partial charge in [0.05, 0.1) is 0 Å². The molecule has 0 saturated carbocycles. The summed E-state index contributed by atoms with van der Waals surface area (Å²) in [7, 11) is 0. The minimum Gasteiger partial charge on any atom is -0.381 e. The van der Waals surface area contributed by atoms with Crippen molar-refractivity contribution < 1.29 is 4.74 Å². The van der Waals surface area contributed by atoms with Gasteiger partial charge >= 0.3 is 0 Å². The van der Waals surface area contributed by atoms with Crippen LogP contribution in [0.5, 0.6) is 0 Å². The molecule has 0 bridgehead atoms. The summed E-state index contributed by atoms with van der Waals surface area (Å²) in [6.45, 7) is 1.85. The van der Waals surface area contributed by atoms with Crippen LogP contribution >= 0.6 is 0 Å². The number of allylic oxidation sites excluding steroid dienone is 2. The van der Waals surface area contributed by atoms with E-state index in [9.17, 15) is 0 Å². The standard InChI is InChI=1S/C13H21NO/c14-13(12-4-2-1-3-5-12)10-11-6-8-15-9-7-11/h2,4-5,11,13H,1,3,6-10,14H2. The first-order chi connectivity index (χ1) is 7.36. The Bertz CT molecular complexity index is 251. The lowest BCUT2D eigenvalue weighted by Gasteiger charge is -2.25. The second-order valence-electron chi connectivity index (χ2n) is 4.58. The molecular weight excluding hydrogens is 186 g/mol. The summed E-state index contributed by atoms with van der Waals surface area (Å²) in [5.74, 6) is 0.768. The molecule has 0 amide bonds. The quantitative estimate of drug-likeness (QED) is 0.771. The molecule has 0 aromatic rings. The van der Waals surface area contributed by atoms with Crippen LogP contribution in [0.25, 0.3) is 0 Å². The van der Waals surface area contributed by atoms with Crippen molar-refractivity contribution in [2.45, 2.75) is 38.1 Å². The molecule has 2 nitrogen and oxygen atoms in total. The molecule has 2 N–H and O–H groups in total. The van der Waals surface area contributed by atoms with Gasteiger partial charge in [0.2, 0.25) is 0 Å². The van der Waals surface area contributed by atoms with Gasteiger partial charge in [-0.05, 0) is 43.6 Å². The zero-order valence-corrected chi connectivity index (χ0v) is 9.32. The van der Waals surface area contributed by atoms with Crippen LogP contribution in [0.3, 0.4) is 0 Å². The first-order valence-electron chi connectivity index (χ1n) is 6.06. The van der Waals surface area contributed by atoms with Crippen molar-refractivity contribution in [1.29, 1.82) is 0 Å². The maximum absolute atomic E-state index is 6.22. The lowest BCUT2D eigenvalue weighted by molar-refractivity contribution is 0.0628. The van der Waals surface area contributed by atoms with Gasteiger partial charge in [0.15, 0.2) is 0 Å². The highest BCUT2D eigenvalue weighted by Gasteiger charge is 2.18. The molecule has 0 radical (unpaired) electrons. The van der Waals surface area contributed by atoms with Crippen molar-refractivity contribution in [3.05, 3.63) is 23.8 Å². The van der Waals surface area contributed by atoms with Gasteiger partial charge < -0.3 is 10.5 Å². The third-order valence-electron chi connectivity index (χ3n) is 3.38.